The van der Waals surface area contributed by atoms with Gasteiger partial charge in [0, 0.05) is 63.2 Å². The number of amides is 1. The molecule has 10 heteroatoms. The Labute approximate surface area is 220 Å². The van der Waals surface area contributed by atoms with E-state index in [4.69, 9.17) is 11.5 Å². The van der Waals surface area contributed by atoms with Gasteiger partial charge in [-0.15, -0.1) is 0 Å². The van der Waals surface area contributed by atoms with E-state index in [0.717, 1.165) is 25.2 Å². The zero-order valence-corrected chi connectivity index (χ0v) is 22.6. The van der Waals surface area contributed by atoms with Gasteiger partial charge in [-0.05, 0) is 70.0 Å². The van der Waals surface area contributed by atoms with Crippen LogP contribution in [0.1, 0.15) is 47.9 Å². The summed E-state index contributed by atoms with van der Waals surface area (Å²) in [5.74, 6) is 0.412. The molecule has 1 aromatic heterocycles. The highest BCUT2D eigenvalue weighted by Gasteiger charge is 2.27. The van der Waals surface area contributed by atoms with Gasteiger partial charge in [-0.3, -0.25) is 9.69 Å². The van der Waals surface area contributed by atoms with Gasteiger partial charge in [-0.1, -0.05) is 6.92 Å². The van der Waals surface area contributed by atoms with E-state index in [1.54, 1.807) is 0 Å². The largest absolute Gasteiger partial charge is 0.371 e. The number of benzene rings is 1. The number of carbonyl (C=O) groups is 1. The Kier molecular flexibility index (Phi) is 9.18. The van der Waals surface area contributed by atoms with Gasteiger partial charge >= 0.3 is 0 Å². The van der Waals surface area contributed by atoms with Crippen molar-refractivity contribution in [2.24, 2.45) is 11.5 Å². The molecule has 0 atom stereocenters. The van der Waals surface area contributed by atoms with Crippen LogP contribution in [-0.2, 0) is 6.42 Å². The molecule has 0 saturated carbocycles. The Morgan fingerprint density at radius 2 is 1.81 bits per heavy atom. The number of hydrogen-bond donors (Lipinski definition) is 4. The maximum atomic E-state index is 12.2. The molecule has 37 heavy (non-hydrogen) atoms. The van der Waals surface area contributed by atoms with E-state index in [2.05, 4.69) is 61.4 Å². The third-order valence-electron chi connectivity index (χ3n) is 7.53. The minimum absolute atomic E-state index is 0.147. The van der Waals surface area contributed by atoms with Crippen molar-refractivity contribution in [1.82, 2.24) is 19.8 Å². The van der Waals surface area contributed by atoms with E-state index in [1.165, 1.54) is 50.3 Å². The van der Waals surface area contributed by atoms with Crippen molar-refractivity contribution in [2.75, 3.05) is 74.9 Å². The molecule has 2 aromatic rings. The predicted octanol–water partition coefficient (Wildman–Crippen LogP) is 2.17. The number of nitrogens with two attached hydrogens (primary N) is 2. The maximum absolute atomic E-state index is 12.2. The number of aryl methyl sites for hydroxylation is 2. The molecule has 1 amide bonds. The van der Waals surface area contributed by atoms with Crippen LogP contribution in [0.5, 0.6) is 0 Å². The highest BCUT2D eigenvalue weighted by Crippen LogP contribution is 2.30. The third-order valence-corrected chi connectivity index (χ3v) is 7.53. The van der Waals surface area contributed by atoms with Gasteiger partial charge in [-0.2, -0.15) is 0 Å². The summed E-state index contributed by atoms with van der Waals surface area (Å²) in [4.78, 5) is 29.0. The van der Waals surface area contributed by atoms with E-state index in [0.29, 0.717) is 42.9 Å². The number of nitrogens with one attached hydrogen (secondary N) is 2. The normalized spacial score (nSPS) is 17.7. The Balaban J connectivity index is 1.45. The molecule has 2 fully saturated rings. The fourth-order valence-electron chi connectivity index (χ4n) is 5.31. The lowest BCUT2D eigenvalue weighted by molar-refractivity contribution is 0.0982. The lowest BCUT2D eigenvalue weighted by Crippen LogP contribution is -2.52. The summed E-state index contributed by atoms with van der Waals surface area (Å²) in [5, 5.41) is 6.58. The topological polar surface area (TPSA) is 129 Å². The molecule has 2 aliphatic rings. The standard InChI is InChI=1S/C27H43N9O/c1-4-22-26(30-11-5-10-28)33-27(24(32-22)25(29)37)31-20-6-7-23(19(2)18-20)36-12-8-21(9-13-36)35-16-14-34(3)15-17-35/h6-7,18,21H,4-5,8-17,28H2,1-3H3,(H2,29,37)(H2,30,31,33). The number of nitrogens with zero attached hydrogens (tertiary/aromatic N) is 5. The number of piperazine rings is 1. The van der Waals surface area contributed by atoms with Crippen molar-refractivity contribution in [3.8, 4) is 0 Å². The second kappa shape index (κ2) is 12.5. The van der Waals surface area contributed by atoms with Crippen molar-refractivity contribution < 1.29 is 4.79 Å². The van der Waals surface area contributed by atoms with Crippen molar-refractivity contribution >= 4 is 28.9 Å². The third kappa shape index (κ3) is 6.68. The second-order valence-corrected chi connectivity index (χ2v) is 10.2. The molecule has 0 aliphatic carbocycles. The molecule has 1 aromatic carbocycles. The molecule has 0 bridgehead atoms. The Bertz CT molecular complexity index is 1060. The molecule has 3 heterocycles. The summed E-state index contributed by atoms with van der Waals surface area (Å²) < 4.78 is 0. The molecule has 4 rings (SSSR count). The molecule has 0 spiro atoms. The first-order valence-electron chi connectivity index (χ1n) is 13.6. The minimum atomic E-state index is -0.602. The van der Waals surface area contributed by atoms with Crippen molar-refractivity contribution in [3.05, 3.63) is 35.2 Å². The second-order valence-electron chi connectivity index (χ2n) is 10.2. The van der Waals surface area contributed by atoms with Crippen molar-refractivity contribution in [2.45, 2.75) is 45.6 Å². The summed E-state index contributed by atoms with van der Waals surface area (Å²) in [6, 6.07) is 6.99. The van der Waals surface area contributed by atoms with Crippen LogP contribution in [0, 0.1) is 6.92 Å². The molecule has 10 nitrogen and oxygen atoms in total. The molecular formula is C27H43N9O. The fraction of sp³-hybridized carbons (Fsp3) is 0.593. The first-order chi connectivity index (χ1) is 17.9. The van der Waals surface area contributed by atoms with Crippen LogP contribution in [0.4, 0.5) is 23.0 Å². The van der Waals surface area contributed by atoms with E-state index >= 15 is 0 Å². The summed E-state index contributed by atoms with van der Waals surface area (Å²) in [6.45, 7) is 12.2. The number of anilines is 4. The highest BCUT2D eigenvalue weighted by molar-refractivity contribution is 5.96. The van der Waals surface area contributed by atoms with Crippen LogP contribution in [0.25, 0.3) is 0 Å². The van der Waals surface area contributed by atoms with Gasteiger partial charge in [0.15, 0.2) is 11.5 Å². The Morgan fingerprint density at radius 1 is 1.08 bits per heavy atom. The maximum Gasteiger partial charge on any atom is 0.271 e. The van der Waals surface area contributed by atoms with E-state index < -0.39 is 5.91 Å². The predicted molar refractivity (Wildman–Crippen MR) is 151 cm³/mol. The van der Waals surface area contributed by atoms with Gasteiger partial charge < -0.3 is 31.9 Å². The first kappa shape index (κ1) is 27.1. The molecule has 2 aliphatic heterocycles. The average molecular weight is 510 g/mol. The zero-order chi connectivity index (χ0) is 26.4. The van der Waals surface area contributed by atoms with Crippen LogP contribution in [-0.4, -0.2) is 91.1 Å². The fourth-order valence-corrected chi connectivity index (χ4v) is 5.31. The molecule has 0 radical (unpaired) electrons. The molecule has 2 saturated heterocycles. The number of aromatic nitrogens is 2. The highest BCUT2D eigenvalue weighted by atomic mass is 16.1. The monoisotopic (exact) mass is 509 g/mol. The van der Waals surface area contributed by atoms with Crippen LogP contribution < -0.4 is 27.0 Å². The minimum Gasteiger partial charge on any atom is -0.371 e. The number of primary amides is 1. The van der Waals surface area contributed by atoms with Crippen LogP contribution in [0.3, 0.4) is 0 Å². The number of carbonyl (C=O) groups excluding carboxylic acids is 1. The Hall–Kier alpha value is -2.95. The summed E-state index contributed by atoms with van der Waals surface area (Å²) in [6.07, 6.45) is 3.85. The summed E-state index contributed by atoms with van der Waals surface area (Å²) in [5.41, 5.74) is 15.4. The smallest absolute Gasteiger partial charge is 0.271 e. The summed E-state index contributed by atoms with van der Waals surface area (Å²) in [7, 11) is 2.21. The summed E-state index contributed by atoms with van der Waals surface area (Å²) >= 11 is 0. The lowest BCUT2D eigenvalue weighted by Gasteiger charge is -2.43. The molecule has 0 unspecified atom stereocenters. The number of piperidine rings is 1. The van der Waals surface area contributed by atoms with Gasteiger partial charge in [0.05, 0.1) is 5.69 Å². The van der Waals surface area contributed by atoms with Crippen molar-refractivity contribution in [1.29, 1.82) is 0 Å². The van der Waals surface area contributed by atoms with Crippen LogP contribution >= 0.6 is 0 Å². The van der Waals surface area contributed by atoms with E-state index in [-0.39, 0.29) is 5.69 Å². The number of rotatable bonds is 10. The number of hydrogen-bond acceptors (Lipinski definition) is 9. The van der Waals surface area contributed by atoms with E-state index in [9.17, 15) is 4.79 Å². The molecule has 202 valence electrons. The van der Waals surface area contributed by atoms with Gasteiger partial charge in [0.1, 0.15) is 5.82 Å². The Morgan fingerprint density at radius 3 is 2.43 bits per heavy atom. The number of likely N-dealkylation sites (N-methyl/N-ethyl adjacent to an activating group) is 1. The lowest BCUT2D eigenvalue weighted by atomic mass is 10.0. The van der Waals surface area contributed by atoms with Gasteiger partial charge in [-0.25, -0.2) is 9.97 Å². The van der Waals surface area contributed by atoms with Crippen LogP contribution in [0.15, 0.2) is 18.2 Å². The SMILES string of the molecule is CCc1nc(C(N)=O)c(Nc2ccc(N3CCC(N4CCN(C)CC4)CC3)c(C)c2)nc1NCCCN. The molecular weight excluding hydrogens is 466 g/mol. The molecule has 6 N–H and O–H groups in total. The van der Waals surface area contributed by atoms with Gasteiger partial charge in [0.25, 0.3) is 5.91 Å². The average Bonchev–Trinajstić information content (AvgIpc) is 2.89. The quantitative estimate of drug-likeness (QED) is 0.356. The van der Waals surface area contributed by atoms with E-state index in [1.807, 2.05) is 13.0 Å². The first-order valence-corrected chi connectivity index (χ1v) is 13.6. The van der Waals surface area contributed by atoms with Crippen LogP contribution in [0.2, 0.25) is 0 Å². The zero-order valence-electron chi connectivity index (χ0n) is 22.6. The van der Waals surface area contributed by atoms with Crippen molar-refractivity contribution in [3.63, 3.8) is 0 Å². The van der Waals surface area contributed by atoms with Gasteiger partial charge in [0.2, 0.25) is 0 Å².